The maximum Gasteiger partial charge on any atom is 0.332 e. The van der Waals surface area contributed by atoms with Crippen molar-refractivity contribution in [1.29, 1.82) is 0 Å². The number of hydroxylamine groups is 2. The van der Waals surface area contributed by atoms with Crippen LogP contribution in [0.3, 0.4) is 0 Å². The van der Waals surface area contributed by atoms with Crippen LogP contribution in [0.4, 0.5) is 9.59 Å². The third-order valence-corrected chi connectivity index (χ3v) is 2.38. The van der Waals surface area contributed by atoms with Gasteiger partial charge in [-0.2, -0.15) is 10.0 Å². The molecule has 0 atom stereocenters. The molecule has 14 nitrogen and oxygen atoms in total. The van der Waals surface area contributed by atoms with E-state index in [1.165, 1.54) is 0 Å². The normalized spacial score (nSPS) is 15.6. The molecule has 130 valence electrons. The van der Waals surface area contributed by atoms with E-state index in [9.17, 15) is 25.2 Å². The number of urea groups is 2. The number of amides is 4. The first kappa shape index (κ1) is 18.3. The first-order valence-corrected chi connectivity index (χ1v) is 5.93. The van der Waals surface area contributed by atoms with Crippen molar-refractivity contribution in [1.82, 2.24) is 21.5 Å². The zero-order valence-corrected chi connectivity index (χ0v) is 11.8. The molecule has 0 aromatic heterocycles. The van der Waals surface area contributed by atoms with Gasteiger partial charge in [-0.05, 0) is 6.08 Å². The van der Waals surface area contributed by atoms with Gasteiger partial charge in [0.15, 0.2) is 0 Å². The number of carbonyl (C=O) groups excluding carboxylic acids is 2. The van der Waals surface area contributed by atoms with Crippen molar-refractivity contribution in [2.45, 2.75) is 0 Å². The number of nitrogens with one attached hydrogen (secondary N) is 3. The largest absolute Gasteiger partial charge is 0.733 e. The van der Waals surface area contributed by atoms with E-state index >= 15 is 0 Å². The molecule has 0 aromatic rings. The van der Waals surface area contributed by atoms with Gasteiger partial charge in [-0.15, -0.1) is 0 Å². The fourth-order valence-electron chi connectivity index (χ4n) is 1.50. The summed E-state index contributed by atoms with van der Waals surface area (Å²) in [6.45, 7) is 0. The molecule has 1 aliphatic rings. The summed E-state index contributed by atoms with van der Waals surface area (Å²) in [6.07, 6.45) is 3.77. The standard InChI is InChI=1S/C10H12N8O6/c11-9(19)15-13-3-5-1-6(4-14-16-10(12)20)8(18(23)24)2-7(5)17(21)22/h1-4,21H,(H7-,11,12,13,14,15,16,19,20,23,24)/q-2. The van der Waals surface area contributed by atoms with Gasteiger partial charge in [0, 0.05) is 17.8 Å². The fraction of sp³-hybridized carbons (Fsp3) is 0. The highest BCUT2D eigenvalue weighted by atomic mass is 16.8. The minimum absolute atomic E-state index is 0.0973. The summed E-state index contributed by atoms with van der Waals surface area (Å²) < 4.78 is 0. The molecule has 0 aliphatic heterocycles. The van der Waals surface area contributed by atoms with Gasteiger partial charge in [0.2, 0.25) is 5.71 Å². The summed E-state index contributed by atoms with van der Waals surface area (Å²) in [4.78, 5) is 20.3. The minimum Gasteiger partial charge on any atom is -0.733 e. The Labute approximate surface area is 133 Å². The summed E-state index contributed by atoms with van der Waals surface area (Å²) in [5, 5.41) is 45.0. The predicted molar refractivity (Wildman–Crippen MR) is 80.3 cm³/mol. The third-order valence-electron chi connectivity index (χ3n) is 2.38. The number of allylic oxidation sites excluding steroid dienone is 4. The molecule has 14 heteroatoms. The Morgan fingerprint density at radius 3 is 2.46 bits per heavy atom. The second-order valence-corrected chi connectivity index (χ2v) is 4.01. The van der Waals surface area contributed by atoms with Crippen LogP contribution in [-0.2, 0) is 0 Å². The van der Waals surface area contributed by atoms with Crippen LogP contribution in [0.25, 0.3) is 0 Å². The van der Waals surface area contributed by atoms with Gasteiger partial charge in [0.25, 0.3) is 0 Å². The molecule has 4 amide bonds. The molecule has 1 rings (SSSR count). The first-order chi connectivity index (χ1) is 11.2. The van der Waals surface area contributed by atoms with Crippen LogP contribution in [0.5, 0.6) is 0 Å². The second kappa shape index (κ2) is 8.01. The molecule has 8 N–H and O–H groups in total. The van der Waals surface area contributed by atoms with Crippen molar-refractivity contribution < 1.29 is 19.7 Å². The molecule has 0 spiro atoms. The lowest BCUT2D eigenvalue weighted by molar-refractivity contribution is -0.377. The first-order valence-electron chi connectivity index (χ1n) is 5.93. The molecule has 0 saturated carbocycles. The highest BCUT2D eigenvalue weighted by Gasteiger charge is 2.20. The van der Waals surface area contributed by atoms with Gasteiger partial charge < -0.3 is 37.7 Å². The fourth-order valence-corrected chi connectivity index (χ4v) is 1.50. The van der Waals surface area contributed by atoms with Crippen molar-refractivity contribution in [2.75, 3.05) is 0 Å². The number of nitrogens with zero attached hydrogens (tertiary/aromatic N) is 3. The smallest absolute Gasteiger partial charge is 0.332 e. The Morgan fingerprint density at radius 1 is 1.29 bits per heavy atom. The minimum atomic E-state index is -0.989. The highest BCUT2D eigenvalue weighted by Crippen LogP contribution is 2.21. The molecule has 0 unspecified atom stereocenters. The molecule has 24 heavy (non-hydrogen) atoms. The molecule has 0 aromatic carbocycles. The van der Waals surface area contributed by atoms with Crippen LogP contribution in [0, 0.1) is 15.6 Å². The average molecular weight is 340 g/mol. The molecule has 1 aliphatic carbocycles. The zero-order chi connectivity index (χ0) is 18.3. The number of rotatable bonds is 5. The van der Waals surface area contributed by atoms with Crippen molar-refractivity contribution in [3.63, 3.8) is 0 Å². The third kappa shape index (κ3) is 5.20. The topological polar surface area (TPSA) is 230 Å². The number of primary amides is 2. The molecule has 0 fully saturated rings. The number of hydrogen-bond donors (Lipinski definition) is 6. The second-order valence-electron chi connectivity index (χ2n) is 4.01. The van der Waals surface area contributed by atoms with E-state index in [0.717, 1.165) is 24.6 Å². The van der Waals surface area contributed by atoms with Gasteiger partial charge in [-0.3, -0.25) is 10.6 Å². The lowest BCUT2D eigenvalue weighted by Crippen LogP contribution is -2.38. The number of hydrazone groups is 1. The molecule has 0 heterocycles. The van der Waals surface area contributed by atoms with Crippen molar-refractivity contribution >= 4 is 24.0 Å². The summed E-state index contributed by atoms with van der Waals surface area (Å²) in [6, 6.07) is -1.93. The van der Waals surface area contributed by atoms with Gasteiger partial charge >= 0.3 is 12.1 Å². The Morgan fingerprint density at radius 2 is 1.96 bits per heavy atom. The van der Waals surface area contributed by atoms with E-state index < -0.39 is 33.6 Å². The summed E-state index contributed by atoms with van der Waals surface area (Å²) in [5.74, 6) is 0. The number of hydrazine groups is 1. The predicted octanol–water partition coefficient (Wildman–Crippen LogP) is -1.84. The molecule has 0 radical (unpaired) electrons. The molecular formula is C10H12N8O6-2. The average Bonchev–Trinajstić information content (AvgIpc) is 2.45. The van der Waals surface area contributed by atoms with E-state index in [-0.39, 0.29) is 11.1 Å². The Kier molecular flexibility index (Phi) is 6.10. The summed E-state index contributed by atoms with van der Waals surface area (Å²) >= 11 is 0. The Hall–Kier alpha value is -3.78. The van der Waals surface area contributed by atoms with Crippen molar-refractivity contribution in [3.8, 4) is 0 Å². The summed E-state index contributed by atoms with van der Waals surface area (Å²) in [5.41, 5.74) is 14.3. The lowest BCUT2D eigenvalue weighted by atomic mass is 9.98. The monoisotopic (exact) mass is 340 g/mol. The summed E-state index contributed by atoms with van der Waals surface area (Å²) in [7, 11) is 0. The maximum absolute atomic E-state index is 11.1. The van der Waals surface area contributed by atoms with E-state index in [4.69, 9.17) is 16.7 Å². The van der Waals surface area contributed by atoms with Crippen LogP contribution < -0.4 is 27.7 Å². The van der Waals surface area contributed by atoms with Gasteiger partial charge in [-0.1, -0.05) is 0 Å². The van der Waals surface area contributed by atoms with Crippen molar-refractivity contribution in [3.05, 3.63) is 50.8 Å². The van der Waals surface area contributed by atoms with E-state index in [0.29, 0.717) is 0 Å². The van der Waals surface area contributed by atoms with E-state index in [1.807, 2.05) is 10.9 Å². The van der Waals surface area contributed by atoms with Gasteiger partial charge in [0.1, 0.15) is 0 Å². The molecular weight excluding hydrogens is 328 g/mol. The number of nitrogens with two attached hydrogens (primary N) is 2. The lowest BCUT2D eigenvalue weighted by Gasteiger charge is -2.28. The zero-order valence-electron chi connectivity index (χ0n) is 11.8. The van der Waals surface area contributed by atoms with Crippen LogP contribution in [0.15, 0.2) is 40.3 Å². The number of carbonyl (C=O) groups is 2. The van der Waals surface area contributed by atoms with Crippen LogP contribution in [0.2, 0.25) is 0 Å². The van der Waals surface area contributed by atoms with Crippen LogP contribution in [-0.4, -0.2) is 39.3 Å². The van der Waals surface area contributed by atoms with E-state index in [1.54, 1.807) is 0 Å². The molecule has 0 saturated heterocycles. The van der Waals surface area contributed by atoms with Gasteiger partial charge in [-0.25, -0.2) is 15.0 Å². The quantitative estimate of drug-likeness (QED) is 0.188. The van der Waals surface area contributed by atoms with E-state index in [2.05, 4.69) is 10.5 Å². The Bertz CT molecular complexity index is 673. The SMILES string of the molecule is NC(=O)NN=CC1=CC(=CNNC(N)=O)C(=[N+]([O-])[O-])C=C1N([O-])O. The van der Waals surface area contributed by atoms with Crippen LogP contribution in [0.1, 0.15) is 0 Å². The highest BCUT2D eigenvalue weighted by molar-refractivity contribution is 6.11. The van der Waals surface area contributed by atoms with Crippen molar-refractivity contribution in [2.24, 2.45) is 16.6 Å². The Balaban J connectivity index is 3.23. The maximum atomic E-state index is 11.1. The van der Waals surface area contributed by atoms with Gasteiger partial charge in [0.05, 0.1) is 17.5 Å². The molecule has 0 bridgehead atoms. The van der Waals surface area contributed by atoms with Crippen LogP contribution >= 0.6 is 0 Å². The number of hydrogen-bond acceptors (Lipinski definition) is 9.